The van der Waals surface area contributed by atoms with Crippen LogP contribution in [0.3, 0.4) is 0 Å². The highest BCUT2D eigenvalue weighted by Crippen LogP contribution is 2.12. The van der Waals surface area contributed by atoms with Crippen LogP contribution in [0.25, 0.3) is 6.08 Å². The van der Waals surface area contributed by atoms with Gasteiger partial charge < -0.3 is 9.47 Å². The van der Waals surface area contributed by atoms with Crippen molar-refractivity contribution in [3.05, 3.63) is 41.5 Å². The van der Waals surface area contributed by atoms with Gasteiger partial charge >= 0.3 is 6.16 Å². The zero-order valence-electron chi connectivity index (χ0n) is 10.4. The number of ether oxygens (including phenoxy) is 2. The minimum Gasteiger partial charge on any atom is -0.435 e. The molecule has 0 aliphatic rings. The van der Waals surface area contributed by atoms with E-state index in [0.717, 1.165) is 5.56 Å². The van der Waals surface area contributed by atoms with Gasteiger partial charge in [-0.25, -0.2) is 4.79 Å². The first kappa shape index (κ1) is 13.8. The predicted octanol–water partition coefficient (Wildman–Crippen LogP) is 3.16. The predicted molar refractivity (Wildman–Crippen MR) is 67.6 cm³/mol. The van der Waals surface area contributed by atoms with E-state index in [-0.39, 0.29) is 6.61 Å². The third kappa shape index (κ3) is 4.30. The Kier molecular flexibility index (Phi) is 5.46. The van der Waals surface area contributed by atoms with E-state index in [0.29, 0.717) is 5.57 Å². The van der Waals surface area contributed by atoms with Crippen molar-refractivity contribution in [3.63, 3.8) is 0 Å². The number of nitrogens with zero attached hydrogens (tertiary/aromatic N) is 1. The lowest BCUT2D eigenvalue weighted by atomic mass is 10.1. The van der Waals surface area contributed by atoms with Gasteiger partial charge in [0.1, 0.15) is 6.07 Å². The van der Waals surface area contributed by atoms with Crippen molar-refractivity contribution < 1.29 is 14.3 Å². The molecule has 0 heterocycles. The maximum absolute atomic E-state index is 11.1. The van der Waals surface area contributed by atoms with E-state index in [1.54, 1.807) is 19.9 Å². The first-order valence-corrected chi connectivity index (χ1v) is 5.63. The number of benzene rings is 1. The lowest BCUT2D eigenvalue weighted by molar-refractivity contribution is 0.0512. The Hall–Kier alpha value is -2.28. The number of hydrogen-bond donors (Lipinski definition) is 0. The molecule has 0 aromatic heterocycles. The van der Waals surface area contributed by atoms with Crippen LogP contribution in [0.2, 0.25) is 0 Å². The molecule has 1 rings (SSSR count). The molecule has 94 valence electrons. The van der Waals surface area contributed by atoms with E-state index in [2.05, 4.69) is 4.74 Å². The summed E-state index contributed by atoms with van der Waals surface area (Å²) in [5.74, 6) is 0. The van der Waals surface area contributed by atoms with E-state index >= 15 is 0 Å². The number of rotatable bonds is 4. The Balaban J connectivity index is 2.74. The molecule has 0 saturated carbocycles. The number of hydrogen-bond acceptors (Lipinski definition) is 4. The molecule has 4 heteroatoms. The van der Waals surface area contributed by atoms with Crippen molar-refractivity contribution in [2.24, 2.45) is 0 Å². The number of carbonyl (C=O) groups is 1. The highest BCUT2D eigenvalue weighted by Gasteiger charge is 2.16. The van der Waals surface area contributed by atoms with Gasteiger partial charge in [-0.3, -0.25) is 0 Å². The van der Waals surface area contributed by atoms with Crippen LogP contribution in [0.1, 0.15) is 19.4 Å². The molecule has 0 N–H and O–H groups in total. The second-order valence-electron chi connectivity index (χ2n) is 3.61. The molecular weight excluding hydrogens is 230 g/mol. The second kappa shape index (κ2) is 7.13. The summed E-state index contributed by atoms with van der Waals surface area (Å²) in [6.45, 7) is 3.63. The Morgan fingerprint density at radius 3 is 2.67 bits per heavy atom. The standard InChI is InChI=1S/C14H15NO3/c1-3-17-14(16)18-13(10-15)11(2)9-12-7-5-4-6-8-12/h4-9,13H,3H2,1-2H3/b11-9+. The molecule has 18 heavy (non-hydrogen) atoms. The number of carbonyl (C=O) groups excluding carboxylic acids is 1. The zero-order valence-corrected chi connectivity index (χ0v) is 10.4. The maximum atomic E-state index is 11.1. The zero-order chi connectivity index (χ0) is 13.4. The quantitative estimate of drug-likeness (QED) is 0.764. The molecule has 1 aromatic rings. The highest BCUT2D eigenvalue weighted by molar-refractivity contribution is 5.62. The summed E-state index contributed by atoms with van der Waals surface area (Å²) >= 11 is 0. The molecule has 0 amide bonds. The Bertz CT molecular complexity index is 460. The normalized spacial score (nSPS) is 12.4. The van der Waals surface area contributed by atoms with Gasteiger partial charge in [0.15, 0.2) is 0 Å². The third-order valence-electron chi connectivity index (χ3n) is 2.20. The van der Waals surface area contributed by atoms with Gasteiger partial charge in [0.05, 0.1) is 6.61 Å². The minimum atomic E-state index is -0.927. The fourth-order valence-corrected chi connectivity index (χ4v) is 1.36. The van der Waals surface area contributed by atoms with Crippen LogP contribution in [-0.4, -0.2) is 18.9 Å². The summed E-state index contributed by atoms with van der Waals surface area (Å²) in [5, 5.41) is 8.97. The molecule has 1 aromatic carbocycles. The van der Waals surface area contributed by atoms with E-state index in [1.807, 2.05) is 36.4 Å². The first-order valence-electron chi connectivity index (χ1n) is 5.63. The van der Waals surface area contributed by atoms with Gasteiger partial charge in [0, 0.05) is 0 Å². The average molecular weight is 245 g/mol. The monoisotopic (exact) mass is 245 g/mol. The van der Waals surface area contributed by atoms with Crippen molar-refractivity contribution in [1.82, 2.24) is 0 Å². The van der Waals surface area contributed by atoms with Gasteiger partial charge in [-0.15, -0.1) is 0 Å². The fraction of sp³-hybridized carbons (Fsp3) is 0.286. The van der Waals surface area contributed by atoms with Crippen molar-refractivity contribution in [2.45, 2.75) is 20.0 Å². The Labute approximate surface area is 106 Å². The van der Waals surface area contributed by atoms with Gasteiger partial charge in [-0.05, 0) is 25.0 Å². The van der Waals surface area contributed by atoms with Crippen molar-refractivity contribution in [3.8, 4) is 6.07 Å². The molecule has 1 atom stereocenters. The first-order chi connectivity index (χ1) is 8.67. The average Bonchev–Trinajstić information content (AvgIpc) is 2.37. The largest absolute Gasteiger partial charge is 0.509 e. The van der Waals surface area contributed by atoms with E-state index in [4.69, 9.17) is 10.00 Å². The molecule has 0 spiro atoms. The maximum Gasteiger partial charge on any atom is 0.509 e. The van der Waals surface area contributed by atoms with Crippen molar-refractivity contribution in [1.29, 1.82) is 5.26 Å². The van der Waals surface area contributed by atoms with Crippen LogP contribution < -0.4 is 0 Å². The second-order valence-corrected chi connectivity index (χ2v) is 3.61. The van der Waals surface area contributed by atoms with Gasteiger partial charge in [0.2, 0.25) is 6.10 Å². The van der Waals surface area contributed by atoms with E-state index in [1.165, 1.54) is 0 Å². The van der Waals surface area contributed by atoms with Crippen LogP contribution in [0.15, 0.2) is 35.9 Å². The molecule has 0 fully saturated rings. The highest BCUT2D eigenvalue weighted by atomic mass is 16.7. The summed E-state index contributed by atoms with van der Waals surface area (Å²) < 4.78 is 9.52. The van der Waals surface area contributed by atoms with Crippen LogP contribution in [0.5, 0.6) is 0 Å². The molecular formula is C14H15NO3. The Morgan fingerprint density at radius 1 is 1.44 bits per heavy atom. The SMILES string of the molecule is CCOC(=O)OC(C#N)/C(C)=C/c1ccccc1. The van der Waals surface area contributed by atoms with Gasteiger partial charge in [-0.2, -0.15) is 5.26 Å². The van der Waals surface area contributed by atoms with Crippen molar-refractivity contribution in [2.75, 3.05) is 6.61 Å². The lowest BCUT2D eigenvalue weighted by Gasteiger charge is -2.11. The summed E-state index contributed by atoms with van der Waals surface area (Å²) in [5.41, 5.74) is 1.60. The molecule has 0 aliphatic heterocycles. The molecule has 0 bridgehead atoms. The Morgan fingerprint density at radius 2 is 2.11 bits per heavy atom. The molecule has 0 aliphatic carbocycles. The molecule has 4 nitrogen and oxygen atoms in total. The lowest BCUT2D eigenvalue weighted by Crippen LogP contribution is -2.18. The fourth-order valence-electron chi connectivity index (χ4n) is 1.36. The third-order valence-corrected chi connectivity index (χ3v) is 2.20. The molecule has 1 unspecified atom stereocenters. The minimum absolute atomic E-state index is 0.221. The summed E-state index contributed by atoms with van der Waals surface area (Å²) in [4.78, 5) is 11.1. The van der Waals surface area contributed by atoms with Crippen LogP contribution >= 0.6 is 0 Å². The smallest absolute Gasteiger partial charge is 0.435 e. The summed E-state index contributed by atoms with van der Waals surface area (Å²) in [6, 6.07) is 11.4. The van der Waals surface area contributed by atoms with E-state index in [9.17, 15) is 4.79 Å². The van der Waals surface area contributed by atoms with Crippen molar-refractivity contribution >= 4 is 12.2 Å². The summed E-state index contributed by atoms with van der Waals surface area (Å²) in [7, 11) is 0. The molecule has 0 saturated heterocycles. The molecule has 0 radical (unpaired) electrons. The topological polar surface area (TPSA) is 59.3 Å². The van der Waals surface area contributed by atoms with Gasteiger partial charge in [-0.1, -0.05) is 36.4 Å². The summed E-state index contributed by atoms with van der Waals surface area (Å²) in [6.07, 6.45) is 0.0433. The van der Waals surface area contributed by atoms with Gasteiger partial charge in [0.25, 0.3) is 0 Å². The van der Waals surface area contributed by atoms with Crippen LogP contribution in [-0.2, 0) is 9.47 Å². The van der Waals surface area contributed by atoms with E-state index < -0.39 is 12.3 Å². The number of nitriles is 1. The van der Waals surface area contributed by atoms with Crippen LogP contribution in [0, 0.1) is 11.3 Å². The van der Waals surface area contributed by atoms with Crippen LogP contribution in [0.4, 0.5) is 4.79 Å².